The van der Waals surface area contributed by atoms with E-state index < -0.39 is 0 Å². The molecule has 0 spiro atoms. The number of aromatic nitrogens is 2. The minimum absolute atomic E-state index is 0.214. The fourth-order valence-electron chi connectivity index (χ4n) is 2.15. The zero-order valence-electron chi connectivity index (χ0n) is 13.7. The van der Waals surface area contributed by atoms with Gasteiger partial charge in [0.15, 0.2) is 11.5 Å². The van der Waals surface area contributed by atoms with E-state index >= 15 is 0 Å². The largest absolute Gasteiger partial charge is 0.355 e. The average Bonchev–Trinajstić information content (AvgIpc) is 3.33. The summed E-state index contributed by atoms with van der Waals surface area (Å²) in [4.78, 5) is 38.2. The number of carbonyl (C=O) groups excluding carboxylic acids is 2. The molecule has 0 saturated heterocycles. The summed E-state index contributed by atoms with van der Waals surface area (Å²) in [7, 11) is 0. The lowest BCUT2D eigenvalue weighted by atomic mass is 10.2. The van der Waals surface area contributed by atoms with Gasteiger partial charge < -0.3 is 20.1 Å². The number of rotatable bonds is 7. The maximum absolute atomic E-state index is 12.0. The van der Waals surface area contributed by atoms with Crippen LogP contribution in [0.5, 0.6) is 0 Å². The Kier molecular flexibility index (Phi) is 5.59. The van der Waals surface area contributed by atoms with Crippen molar-refractivity contribution >= 4 is 23.2 Å². The zero-order chi connectivity index (χ0) is 18.4. The van der Waals surface area contributed by atoms with Crippen LogP contribution in [-0.4, -0.2) is 35.0 Å². The number of hydrogen-bond acceptors (Lipinski definition) is 6. The van der Waals surface area contributed by atoms with E-state index in [9.17, 15) is 14.4 Å². The third kappa shape index (κ3) is 4.45. The molecule has 0 radical (unpaired) electrons. The predicted molar refractivity (Wildman–Crippen MR) is 96.2 cm³/mol. The van der Waals surface area contributed by atoms with E-state index in [1.165, 1.54) is 29.7 Å². The molecule has 3 rings (SSSR count). The van der Waals surface area contributed by atoms with Crippen LogP contribution in [0.3, 0.4) is 0 Å². The maximum Gasteiger partial charge on any atom is 0.273 e. The molecule has 0 unspecified atom stereocenters. The van der Waals surface area contributed by atoms with Crippen molar-refractivity contribution < 1.29 is 14.1 Å². The molecule has 0 aromatic carbocycles. The van der Waals surface area contributed by atoms with Gasteiger partial charge in [0, 0.05) is 31.4 Å². The summed E-state index contributed by atoms with van der Waals surface area (Å²) in [5.41, 5.74) is 0.322. The number of nitrogens with zero attached hydrogens (tertiary/aromatic N) is 1. The summed E-state index contributed by atoms with van der Waals surface area (Å²) >= 11 is 1.50. The van der Waals surface area contributed by atoms with Crippen molar-refractivity contribution in [2.45, 2.75) is 6.42 Å². The Bertz CT molecular complexity index is 925. The fourth-order valence-corrected chi connectivity index (χ4v) is 2.83. The second-order valence-electron chi connectivity index (χ2n) is 5.36. The summed E-state index contributed by atoms with van der Waals surface area (Å²) in [5, 5.41) is 11.1. The molecule has 0 aliphatic carbocycles. The summed E-state index contributed by atoms with van der Waals surface area (Å²) in [6.45, 7) is 0.767. The Hall–Kier alpha value is -3.20. The van der Waals surface area contributed by atoms with Gasteiger partial charge in [-0.2, -0.15) is 0 Å². The van der Waals surface area contributed by atoms with Gasteiger partial charge in [-0.15, -0.1) is 11.3 Å². The summed E-state index contributed by atoms with van der Waals surface area (Å²) < 4.78 is 5.16. The van der Waals surface area contributed by atoms with Crippen LogP contribution >= 0.6 is 11.3 Å². The van der Waals surface area contributed by atoms with Gasteiger partial charge in [0.2, 0.25) is 5.56 Å². The van der Waals surface area contributed by atoms with Crippen LogP contribution in [0.1, 0.15) is 27.3 Å². The Morgan fingerprint density at radius 1 is 1.15 bits per heavy atom. The molecule has 26 heavy (non-hydrogen) atoms. The minimum Gasteiger partial charge on any atom is -0.355 e. The lowest BCUT2D eigenvalue weighted by Gasteiger charge is -2.05. The Morgan fingerprint density at radius 2 is 1.96 bits per heavy atom. The van der Waals surface area contributed by atoms with E-state index in [0.29, 0.717) is 30.8 Å². The first-order valence-corrected chi connectivity index (χ1v) is 8.77. The molecular formula is C17H16N4O4S. The number of aromatic amines is 1. The van der Waals surface area contributed by atoms with Gasteiger partial charge in [-0.25, -0.2) is 0 Å². The predicted octanol–water partition coefficient (Wildman–Crippen LogP) is 1.64. The second-order valence-corrected chi connectivity index (χ2v) is 6.31. The number of hydrogen-bond donors (Lipinski definition) is 3. The average molecular weight is 372 g/mol. The fraction of sp³-hybridized carbons (Fsp3) is 0.176. The van der Waals surface area contributed by atoms with E-state index in [-0.39, 0.29) is 23.1 Å². The highest BCUT2D eigenvalue weighted by atomic mass is 32.1. The first-order valence-electron chi connectivity index (χ1n) is 7.89. The van der Waals surface area contributed by atoms with E-state index in [1.807, 2.05) is 17.5 Å². The number of H-pyrrole nitrogens is 1. The van der Waals surface area contributed by atoms with Gasteiger partial charge in [-0.05, 0) is 23.9 Å². The smallest absolute Gasteiger partial charge is 0.273 e. The van der Waals surface area contributed by atoms with Gasteiger partial charge in [-0.1, -0.05) is 11.2 Å². The van der Waals surface area contributed by atoms with Crippen molar-refractivity contribution in [3.05, 3.63) is 63.5 Å². The first kappa shape index (κ1) is 17.6. The number of carbonyl (C=O) groups is 2. The summed E-state index contributed by atoms with van der Waals surface area (Å²) in [6.07, 6.45) is 1.91. The third-order valence-electron chi connectivity index (χ3n) is 3.48. The first-order chi connectivity index (χ1) is 12.6. The van der Waals surface area contributed by atoms with Crippen LogP contribution in [0.2, 0.25) is 0 Å². The van der Waals surface area contributed by atoms with E-state index in [2.05, 4.69) is 20.8 Å². The lowest BCUT2D eigenvalue weighted by Crippen LogP contribution is -2.30. The van der Waals surface area contributed by atoms with E-state index in [0.717, 1.165) is 4.88 Å². The molecule has 0 fully saturated rings. The maximum atomic E-state index is 12.0. The van der Waals surface area contributed by atoms with Gasteiger partial charge in [0.25, 0.3) is 11.8 Å². The van der Waals surface area contributed by atoms with Crippen molar-refractivity contribution in [3.8, 4) is 10.6 Å². The van der Waals surface area contributed by atoms with Crippen molar-refractivity contribution in [3.63, 3.8) is 0 Å². The van der Waals surface area contributed by atoms with Crippen molar-refractivity contribution in [1.82, 2.24) is 20.8 Å². The standard InChI is InChI=1S/C17H16N4O4S/c22-15-5-4-11(10-20-15)16(23)18-6-2-7-19-17(24)12-9-13(25-21-12)14-3-1-8-26-14/h1,3-5,8-10H,2,6-7H2,(H,18,23)(H,19,24)(H,20,22). The Labute approximate surface area is 152 Å². The van der Waals surface area contributed by atoms with Crippen molar-refractivity contribution in [2.24, 2.45) is 0 Å². The lowest BCUT2D eigenvalue weighted by molar-refractivity contribution is 0.0944. The monoisotopic (exact) mass is 372 g/mol. The number of thiophene rings is 1. The minimum atomic E-state index is -0.330. The molecule has 0 atom stereocenters. The third-order valence-corrected chi connectivity index (χ3v) is 4.36. The summed E-state index contributed by atoms with van der Waals surface area (Å²) in [5.74, 6) is -0.0634. The zero-order valence-corrected chi connectivity index (χ0v) is 14.5. The molecule has 3 aromatic heterocycles. The molecule has 0 aliphatic heterocycles. The molecule has 3 N–H and O–H groups in total. The molecule has 3 heterocycles. The molecular weight excluding hydrogens is 356 g/mol. The van der Waals surface area contributed by atoms with Gasteiger partial charge >= 0.3 is 0 Å². The van der Waals surface area contributed by atoms with E-state index in [4.69, 9.17) is 4.52 Å². The topological polar surface area (TPSA) is 117 Å². The quantitative estimate of drug-likeness (QED) is 0.545. The van der Waals surface area contributed by atoms with Crippen molar-refractivity contribution in [1.29, 1.82) is 0 Å². The van der Waals surface area contributed by atoms with Gasteiger partial charge in [0.1, 0.15) is 0 Å². The molecule has 3 aromatic rings. The molecule has 0 aliphatic rings. The highest BCUT2D eigenvalue weighted by molar-refractivity contribution is 7.13. The van der Waals surface area contributed by atoms with Crippen LogP contribution in [0.15, 0.2) is 51.2 Å². The van der Waals surface area contributed by atoms with Crippen molar-refractivity contribution in [2.75, 3.05) is 13.1 Å². The highest BCUT2D eigenvalue weighted by Gasteiger charge is 2.13. The van der Waals surface area contributed by atoms with Gasteiger partial charge in [0.05, 0.1) is 10.4 Å². The Balaban J connectivity index is 1.39. The normalized spacial score (nSPS) is 10.5. The molecule has 0 bridgehead atoms. The van der Waals surface area contributed by atoms with Gasteiger partial charge in [-0.3, -0.25) is 14.4 Å². The molecule has 2 amide bonds. The SMILES string of the molecule is O=C(NCCCNC(=O)c1cc(-c2cccs2)on1)c1ccc(=O)[nH]c1. The highest BCUT2D eigenvalue weighted by Crippen LogP contribution is 2.24. The van der Waals surface area contributed by atoms with Crippen LogP contribution in [0.4, 0.5) is 0 Å². The Morgan fingerprint density at radius 3 is 2.65 bits per heavy atom. The van der Waals surface area contributed by atoms with Crippen LogP contribution in [0.25, 0.3) is 10.6 Å². The van der Waals surface area contributed by atoms with E-state index in [1.54, 1.807) is 6.07 Å². The molecule has 8 nitrogen and oxygen atoms in total. The molecule has 0 saturated carbocycles. The second kappa shape index (κ2) is 8.26. The number of amides is 2. The number of nitrogens with one attached hydrogen (secondary N) is 3. The molecule has 134 valence electrons. The van der Waals surface area contributed by atoms with Crippen LogP contribution in [0, 0.1) is 0 Å². The molecule has 9 heteroatoms. The summed E-state index contributed by atoms with van der Waals surface area (Å²) in [6, 6.07) is 8.11. The van der Waals surface area contributed by atoms with Crippen LogP contribution < -0.4 is 16.2 Å². The number of pyridine rings is 1. The van der Waals surface area contributed by atoms with Crippen LogP contribution in [-0.2, 0) is 0 Å².